The molecule has 1 rings (SSSR count). The van der Waals surface area contributed by atoms with Crippen LogP contribution in [0.25, 0.3) is 0 Å². The summed E-state index contributed by atoms with van der Waals surface area (Å²) >= 11 is 0. The Hall–Kier alpha value is -1.47. The monoisotopic (exact) mass is 274 g/mol. The Morgan fingerprint density at radius 1 is 1.33 bits per heavy atom. The fourth-order valence-corrected chi connectivity index (χ4v) is 3.28. The molecule has 0 aliphatic heterocycles. The van der Waals surface area contributed by atoms with E-state index in [1.165, 1.54) is 0 Å². The normalized spacial score (nSPS) is 11.8. The summed E-state index contributed by atoms with van der Waals surface area (Å²) in [6.07, 6.45) is 0. The van der Waals surface area contributed by atoms with E-state index in [1.54, 1.807) is 13.8 Å². The van der Waals surface area contributed by atoms with Crippen molar-refractivity contribution in [3.8, 4) is 0 Å². The van der Waals surface area contributed by atoms with Gasteiger partial charge in [-0.25, -0.2) is 12.8 Å². The van der Waals surface area contributed by atoms with Crippen LogP contribution < -0.4 is 5.73 Å². The van der Waals surface area contributed by atoms with Gasteiger partial charge in [-0.05, 0) is 18.2 Å². The fraction of sp³-hybridized carbons (Fsp3) is 0.364. The number of carbonyl (C=O) groups excluding carboxylic acids is 1. The molecule has 0 saturated carbocycles. The van der Waals surface area contributed by atoms with Crippen molar-refractivity contribution >= 4 is 15.9 Å². The molecule has 0 atom stereocenters. The lowest BCUT2D eigenvalue weighted by molar-refractivity contribution is 0.0997. The number of rotatable bonds is 5. The van der Waals surface area contributed by atoms with Crippen LogP contribution in [0.15, 0.2) is 23.1 Å². The summed E-state index contributed by atoms with van der Waals surface area (Å²) in [4.78, 5) is 10.8. The Labute approximate surface area is 105 Å². The summed E-state index contributed by atoms with van der Waals surface area (Å²) in [6.45, 7) is 3.77. The molecular formula is C11H15FN2O3S. The van der Waals surface area contributed by atoms with E-state index in [4.69, 9.17) is 5.73 Å². The molecular weight excluding hydrogens is 259 g/mol. The smallest absolute Gasteiger partial charge is 0.250 e. The van der Waals surface area contributed by atoms with Crippen molar-refractivity contribution in [3.05, 3.63) is 29.6 Å². The fourth-order valence-electron chi connectivity index (χ4n) is 1.62. The van der Waals surface area contributed by atoms with Gasteiger partial charge in [0.1, 0.15) is 5.82 Å². The van der Waals surface area contributed by atoms with Crippen molar-refractivity contribution in [3.63, 3.8) is 0 Å². The molecule has 0 aliphatic rings. The van der Waals surface area contributed by atoms with Gasteiger partial charge in [0.2, 0.25) is 15.9 Å². The molecule has 0 unspecified atom stereocenters. The van der Waals surface area contributed by atoms with Crippen LogP contribution in [0, 0.1) is 5.82 Å². The summed E-state index contributed by atoms with van der Waals surface area (Å²) in [5, 5.41) is 0. The lowest BCUT2D eigenvalue weighted by Gasteiger charge is -2.19. The SMILES string of the molecule is CCN(CC)S(=O)(=O)c1cc(F)ccc1C(N)=O. The molecule has 0 radical (unpaired) electrons. The highest BCUT2D eigenvalue weighted by Crippen LogP contribution is 2.21. The van der Waals surface area contributed by atoms with Gasteiger partial charge in [0.25, 0.3) is 0 Å². The van der Waals surface area contributed by atoms with Crippen molar-refractivity contribution in [2.75, 3.05) is 13.1 Å². The van der Waals surface area contributed by atoms with Gasteiger partial charge in [-0.15, -0.1) is 0 Å². The molecule has 0 aromatic heterocycles. The number of amides is 1. The number of nitrogens with two attached hydrogens (primary N) is 1. The minimum absolute atomic E-state index is 0.205. The molecule has 0 spiro atoms. The molecule has 2 N–H and O–H groups in total. The number of hydrogen-bond acceptors (Lipinski definition) is 3. The minimum atomic E-state index is -3.91. The average molecular weight is 274 g/mol. The number of halogens is 1. The Morgan fingerprint density at radius 2 is 1.89 bits per heavy atom. The van der Waals surface area contributed by atoms with Crippen LogP contribution in [0.5, 0.6) is 0 Å². The van der Waals surface area contributed by atoms with E-state index >= 15 is 0 Å². The van der Waals surface area contributed by atoms with Gasteiger partial charge in [-0.3, -0.25) is 4.79 Å². The first kappa shape index (κ1) is 14.6. The maximum absolute atomic E-state index is 13.2. The molecule has 100 valence electrons. The second kappa shape index (κ2) is 5.45. The van der Waals surface area contributed by atoms with E-state index in [1.807, 2.05) is 0 Å². The molecule has 0 saturated heterocycles. The maximum Gasteiger partial charge on any atom is 0.250 e. The van der Waals surface area contributed by atoms with Gasteiger partial charge in [0, 0.05) is 13.1 Å². The van der Waals surface area contributed by atoms with Gasteiger partial charge in [-0.2, -0.15) is 4.31 Å². The van der Waals surface area contributed by atoms with E-state index < -0.39 is 26.6 Å². The summed E-state index contributed by atoms with van der Waals surface area (Å²) in [7, 11) is -3.91. The molecule has 0 fully saturated rings. The van der Waals surface area contributed by atoms with E-state index in [9.17, 15) is 17.6 Å². The first-order valence-corrected chi connectivity index (χ1v) is 6.88. The third kappa shape index (κ3) is 2.68. The standard InChI is InChI=1S/C11H15FN2O3S/c1-3-14(4-2)18(16,17)10-7-8(12)5-6-9(10)11(13)15/h5-7H,3-4H2,1-2H3,(H2,13,15). The summed E-state index contributed by atoms with van der Waals surface area (Å²) in [6, 6.07) is 2.89. The Kier molecular flexibility index (Phi) is 4.42. The maximum atomic E-state index is 13.2. The molecule has 18 heavy (non-hydrogen) atoms. The zero-order chi connectivity index (χ0) is 13.9. The van der Waals surface area contributed by atoms with Crippen LogP contribution in [0.2, 0.25) is 0 Å². The van der Waals surface area contributed by atoms with E-state index in [0.717, 1.165) is 22.5 Å². The molecule has 0 bridgehead atoms. The van der Waals surface area contributed by atoms with Crippen molar-refractivity contribution in [2.24, 2.45) is 5.73 Å². The number of sulfonamides is 1. The van der Waals surface area contributed by atoms with Crippen molar-refractivity contribution < 1.29 is 17.6 Å². The lowest BCUT2D eigenvalue weighted by Crippen LogP contribution is -2.32. The van der Waals surface area contributed by atoms with Gasteiger partial charge in [-0.1, -0.05) is 13.8 Å². The summed E-state index contributed by atoms with van der Waals surface area (Å²) in [5.41, 5.74) is 4.89. The first-order valence-electron chi connectivity index (χ1n) is 5.44. The quantitative estimate of drug-likeness (QED) is 0.868. The van der Waals surface area contributed by atoms with Crippen LogP contribution in [0.3, 0.4) is 0 Å². The predicted octanol–water partition coefficient (Wildman–Crippen LogP) is 0.955. The molecule has 0 aliphatic carbocycles. The number of benzene rings is 1. The number of primary amides is 1. The van der Waals surface area contributed by atoms with Gasteiger partial charge in [0.15, 0.2) is 0 Å². The highest BCUT2D eigenvalue weighted by atomic mass is 32.2. The molecule has 1 amide bonds. The highest BCUT2D eigenvalue weighted by molar-refractivity contribution is 7.89. The Bertz CT molecular complexity index is 553. The largest absolute Gasteiger partial charge is 0.366 e. The van der Waals surface area contributed by atoms with Crippen LogP contribution >= 0.6 is 0 Å². The van der Waals surface area contributed by atoms with Crippen molar-refractivity contribution in [1.29, 1.82) is 0 Å². The molecule has 5 nitrogen and oxygen atoms in total. The molecule has 1 aromatic carbocycles. The first-order chi connectivity index (χ1) is 8.34. The predicted molar refractivity (Wildman–Crippen MR) is 65.0 cm³/mol. The molecule has 0 heterocycles. The van der Waals surface area contributed by atoms with Crippen LogP contribution in [0.4, 0.5) is 4.39 Å². The zero-order valence-electron chi connectivity index (χ0n) is 10.2. The second-order valence-electron chi connectivity index (χ2n) is 3.59. The zero-order valence-corrected chi connectivity index (χ0v) is 11.0. The van der Waals surface area contributed by atoms with Gasteiger partial charge in [0.05, 0.1) is 10.5 Å². The van der Waals surface area contributed by atoms with Crippen LogP contribution in [0.1, 0.15) is 24.2 Å². The summed E-state index contributed by atoms with van der Waals surface area (Å²) in [5.74, 6) is -1.63. The third-order valence-corrected chi connectivity index (χ3v) is 4.62. The molecule has 7 heteroatoms. The van der Waals surface area contributed by atoms with E-state index in [2.05, 4.69) is 0 Å². The second-order valence-corrected chi connectivity index (χ2v) is 5.50. The van der Waals surface area contributed by atoms with E-state index in [-0.39, 0.29) is 18.7 Å². The lowest BCUT2D eigenvalue weighted by atomic mass is 10.2. The third-order valence-electron chi connectivity index (χ3n) is 2.53. The highest BCUT2D eigenvalue weighted by Gasteiger charge is 2.26. The minimum Gasteiger partial charge on any atom is -0.366 e. The van der Waals surface area contributed by atoms with Crippen molar-refractivity contribution in [1.82, 2.24) is 4.31 Å². The van der Waals surface area contributed by atoms with Crippen molar-refractivity contribution in [2.45, 2.75) is 18.7 Å². The number of carbonyl (C=O) groups is 1. The average Bonchev–Trinajstić information content (AvgIpc) is 2.29. The van der Waals surface area contributed by atoms with Gasteiger partial charge >= 0.3 is 0 Å². The van der Waals surface area contributed by atoms with Gasteiger partial charge < -0.3 is 5.73 Å². The topological polar surface area (TPSA) is 80.5 Å². The Morgan fingerprint density at radius 3 is 2.33 bits per heavy atom. The van der Waals surface area contributed by atoms with Crippen LogP contribution in [-0.2, 0) is 10.0 Å². The number of nitrogens with zero attached hydrogens (tertiary/aromatic N) is 1. The van der Waals surface area contributed by atoms with Crippen LogP contribution in [-0.4, -0.2) is 31.7 Å². The van der Waals surface area contributed by atoms with E-state index in [0.29, 0.717) is 0 Å². The summed E-state index contributed by atoms with van der Waals surface area (Å²) < 4.78 is 38.8. The Balaban J connectivity index is 3.48. The molecule has 1 aromatic rings. The number of hydrogen-bond donors (Lipinski definition) is 1.